The van der Waals surface area contributed by atoms with Crippen molar-refractivity contribution in [3.63, 3.8) is 0 Å². The minimum absolute atomic E-state index is 0.0552. The highest BCUT2D eigenvalue weighted by atomic mass is 32.1. The number of nitrogens with zero attached hydrogens (tertiary/aromatic N) is 2. The Hall–Kier alpha value is -3.88. The second-order valence-electron chi connectivity index (χ2n) is 8.39. The molecule has 0 saturated carbocycles. The molecule has 15 heteroatoms. The highest BCUT2D eigenvalue weighted by molar-refractivity contribution is 7.18. The lowest BCUT2D eigenvalue weighted by atomic mass is 9.98. The number of halogens is 6. The topological polar surface area (TPSA) is 105 Å². The Morgan fingerprint density at radius 1 is 0.974 bits per heavy atom. The van der Waals surface area contributed by atoms with E-state index in [9.17, 15) is 35.9 Å². The Balaban J connectivity index is 1.76. The van der Waals surface area contributed by atoms with Crippen LogP contribution in [0.2, 0.25) is 0 Å². The van der Waals surface area contributed by atoms with E-state index in [0.29, 0.717) is 34.9 Å². The number of anilines is 2. The number of aromatic nitrogens is 2. The summed E-state index contributed by atoms with van der Waals surface area (Å²) in [6, 6.07) is 5.28. The minimum Gasteiger partial charge on any atom is -0.497 e. The summed E-state index contributed by atoms with van der Waals surface area (Å²) in [6.07, 6.45) is -9.76. The third-order valence-electron chi connectivity index (χ3n) is 5.60. The van der Waals surface area contributed by atoms with Gasteiger partial charge >= 0.3 is 18.4 Å². The second-order valence-corrected chi connectivity index (χ2v) is 9.37. The van der Waals surface area contributed by atoms with E-state index < -0.39 is 53.1 Å². The largest absolute Gasteiger partial charge is 0.497 e. The van der Waals surface area contributed by atoms with Crippen LogP contribution in [0.15, 0.2) is 42.5 Å². The van der Waals surface area contributed by atoms with E-state index in [2.05, 4.69) is 20.8 Å². The SMILES string of the molecule is CC[C@@H](C)[C@@H](NC(=O)Nc1cc(C(F)(F)F)cc(C(F)(F)F)c1)C(=O)Nc1nnc(-c2cccc(OC)c2)s1. The van der Waals surface area contributed by atoms with E-state index in [1.165, 1.54) is 7.11 Å². The number of methoxy groups -OCH3 is 1. The van der Waals surface area contributed by atoms with Crippen molar-refractivity contribution in [1.29, 1.82) is 0 Å². The van der Waals surface area contributed by atoms with Crippen LogP contribution in [0, 0.1) is 5.92 Å². The molecule has 3 N–H and O–H groups in total. The molecule has 0 fully saturated rings. The summed E-state index contributed by atoms with van der Waals surface area (Å²) in [5.41, 5.74) is -3.24. The number of carbonyl (C=O) groups is 2. The van der Waals surface area contributed by atoms with Gasteiger partial charge in [-0.15, -0.1) is 10.2 Å². The highest BCUT2D eigenvalue weighted by Gasteiger charge is 2.37. The Morgan fingerprint density at radius 3 is 2.18 bits per heavy atom. The monoisotopic (exact) mass is 575 g/mol. The number of nitrogens with one attached hydrogen (secondary N) is 3. The van der Waals surface area contributed by atoms with Crippen LogP contribution in [0.25, 0.3) is 10.6 Å². The number of urea groups is 1. The molecular formula is C24H23F6N5O3S. The Kier molecular flexibility index (Phi) is 9.04. The molecule has 0 aliphatic carbocycles. The fourth-order valence-electron chi connectivity index (χ4n) is 3.37. The predicted molar refractivity (Wildman–Crippen MR) is 132 cm³/mol. The summed E-state index contributed by atoms with van der Waals surface area (Å²) in [5, 5.41) is 15.4. The number of hydrogen-bond acceptors (Lipinski definition) is 6. The number of alkyl halides is 6. The molecule has 1 heterocycles. The maximum atomic E-state index is 13.1. The first kappa shape index (κ1) is 29.7. The van der Waals surface area contributed by atoms with Crippen molar-refractivity contribution in [2.45, 2.75) is 38.7 Å². The van der Waals surface area contributed by atoms with Crippen LogP contribution < -0.4 is 20.7 Å². The van der Waals surface area contributed by atoms with Crippen molar-refractivity contribution in [1.82, 2.24) is 15.5 Å². The van der Waals surface area contributed by atoms with Gasteiger partial charge in [0.15, 0.2) is 0 Å². The van der Waals surface area contributed by atoms with Gasteiger partial charge in [-0.2, -0.15) is 26.3 Å². The van der Waals surface area contributed by atoms with Gasteiger partial charge in [-0.05, 0) is 36.2 Å². The Bertz CT molecular complexity index is 1300. The normalized spacial score (nSPS) is 13.4. The molecule has 210 valence electrons. The van der Waals surface area contributed by atoms with Crippen LogP contribution in [0.5, 0.6) is 5.75 Å². The molecule has 3 rings (SSSR count). The van der Waals surface area contributed by atoms with Crippen molar-refractivity contribution in [3.05, 3.63) is 53.6 Å². The molecule has 3 amide bonds. The summed E-state index contributed by atoms with van der Waals surface area (Å²) in [5.74, 6) is -0.579. The summed E-state index contributed by atoms with van der Waals surface area (Å²) < 4.78 is 84.0. The molecule has 0 radical (unpaired) electrons. The molecule has 0 unspecified atom stereocenters. The molecule has 3 aromatic rings. The smallest absolute Gasteiger partial charge is 0.416 e. The van der Waals surface area contributed by atoms with E-state index in [1.807, 2.05) is 5.32 Å². The van der Waals surface area contributed by atoms with E-state index in [-0.39, 0.29) is 11.2 Å². The number of ether oxygens (including phenoxy) is 1. The maximum absolute atomic E-state index is 13.1. The van der Waals surface area contributed by atoms with Gasteiger partial charge in [-0.3, -0.25) is 10.1 Å². The summed E-state index contributed by atoms with van der Waals surface area (Å²) in [7, 11) is 1.51. The van der Waals surface area contributed by atoms with Crippen LogP contribution in [-0.4, -0.2) is 35.3 Å². The van der Waals surface area contributed by atoms with Gasteiger partial charge in [-0.25, -0.2) is 4.79 Å². The zero-order valence-electron chi connectivity index (χ0n) is 20.7. The van der Waals surface area contributed by atoms with Crippen LogP contribution >= 0.6 is 11.3 Å². The van der Waals surface area contributed by atoms with Crippen LogP contribution in [-0.2, 0) is 17.1 Å². The minimum atomic E-state index is -5.08. The van der Waals surface area contributed by atoms with Crippen LogP contribution in [0.1, 0.15) is 31.4 Å². The molecule has 8 nitrogen and oxygen atoms in total. The van der Waals surface area contributed by atoms with Gasteiger partial charge in [0.25, 0.3) is 0 Å². The molecule has 0 aliphatic heterocycles. The van der Waals surface area contributed by atoms with Crippen molar-refractivity contribution in [2.75, 3.05) is 17.7 Å². The fraction of sp³-hybridized carbons (Fsp3) is 0.333. The van der Waals surface area contributed by atoms with Crippen molar-refractivity contribution in [3.8, 4) is 16.3 Å². The lowest BCUT2D eigenvalue weighted by Crippen LogP contribution is -2.49. The van der Waals surface area contributed by atoms with E-state index in [0.717, 1.165) is 11.3 Å². The average molecular weight is 576 g/mol. The quantitative estimate of drug-likeness (QED) is 0.269. The first-order valence-electron chi connectivity index (χ1n) is 11.4. The van der Waals surface area contributed by atoms with Crippen LogP contribution in [0.4, 0.5) is 42.0 Å². The van der Waals surface area contributed by atoms with Gasteiger partial charge in [0.05, 0.1) is 18.2 Å². The number of benzene rings is 2. The number of amides is 3. The number of rotatable bonds is 8. The van der Waals surface area contributed by atoms with E-state index in [1.54, 1.807) is 38.1 Å². The van der Waals surface area contributed by atoms with E-state index in [4.69, 9.17) is 4.74 Å². The Labute approximate surface area is 222 Å². The van der Waals surface area contributed by atoms with Crippen molar-refractivity contribution in [2.24, 2.45) is 5.92 Å². The molecule has 0 bridgehead atoms. The zero-order chi connectivity index (χ0) is 29.0. The lowest BCUT2D eigenvalue weighted by molar-refractivity contribution is -0.143. The van der Waals surface area contributed by atoms with Crippen molar-refractivity contribution < 1.29 is 40.7 Å². The molecule has 2 atom stereocenters. The molecule has 0 spiro atoms. The maximum Gasteiger partial charge on any atom is 0.416 e. The molecule has 1 aromatic heterocycles. The van der Waals surface area contributed by atoms with Gasteiger partial charge in [0.2, 0.25) is 11.0 Å². The standard InChI is InChI=1S/C24H23F6N5O3S/c1-4-12(2)18(19(36)33-22-35-34-20(39-22)13-6-5-7-17(8-13)38-3)32-21(37)31-16-10-14(23(25,26)27)9-15(11-16)24(28,29)30/h5-12,18H,4H2,1-3H3,(H2,31,32,37)(H,33,35,36)/t12-,18-/m1/s1. The van der Waals surface area contributed by atoms with Gasteiger partial charge < -0.3 is 15.4 Å². The fourth-order valence-corrected chi connectivity index (χ4v) is 4.11. The third kappa shape index (κ3) is 7.81. The first-order valence-corrected chi connectivity index (χ1v) is 12.2. The summed E-state index contributed by atoms with van der Waals surface area (Å²) in [6.45, 7) is 3.37. The first-order chi connectivity index (χ1) is 18.2. The third-order valence-corrected chi connectivity index (χ3v) is 6.49. The molecule has 0 aliphatic rings. The molecule has 0 saturated heterocycles. The summed E-state index contributed by atoms with van der Waals surface area (Å²) in [4.78, 5) is 25.6. The van der Waals surface area contributed by atoms with Gasteiger partial charge in [0.1, 0.15) is 16.8 Å². The average Bonchev–Trinajstić information content (AvgIpc) is 3.34. The van der Waals surface area contributed by atoms with Crippen LogP contribution in [0.3, 0.4) is 0 Å². The van der Waals surface area contributed by atoms with Gasteiger partial charge in [-0.1, -0.05) is 43.7 Å². The molecule has 2 aromatic carbocycles. The number of hydrogen-bond donors (Lipinski definition) is 3. The second kappa shape index (κ2) is 11.9. The zero-order valence-corrected chi connectivity index (χ0v) is 21.5. The predicted octanol–water partition coefficient (Wildman–Crippen LogP) is 6.43. The van der Waals surface area contributed by atoms with Crippen molar-refractivity contribution >= 4 is 34.1 Å². The number of carbonyl (C=O) groups excluding carboxylic acids is 2. The molecule has 39 heavy (non-hydrogen) atoms. The molecular weight excluding hydrogens is 552 g/mol. The lowest BCUT2D eigenvalue weighted by Gasteiger charge is -2.23. The highest BCUT2D eigenvalue weighted by Crippen LogP contribution is 2.37. The van der Waals surface area contributed by atoms with E-state index >= 15 is 0 Å². The summed E-state index contributed by atoms with van der Waals surface area (Å²) >= 11 is 1.05. The Morgan fingerprint density at radius 2 is 1.62 bits per heavy atom. The van der Waals surface area contributed by atoms with Gasteiger partial charge in [0, 0.05) is 11.3 Å².